The highest BCUT2D eigenvalue weighted by Gasteiger charge is 2.31. The van der Waals surface area contributed by atoms with Crippen LogP contribution in [0.5, 0.6) is 0 Å². The average Bonchev–Trinajstić information content (AvgIpc) is 2.92. The fourth-order valence-electron chi connectivity index (χ4n) is 1.84. The first kappa shape index (κ1) is 38.9. The van der Waals surface area contributed by atoms with Crippen LogP contribution in [0.1, 0.15) is 0 Å². The monoisotopic (exact) mass is 540 g/mol. The molecule has 0 rings (SSSR count). The highest BCUT2D eigenvalue weighted by molar-refractivity contribution is 5.84. The fraction of sp³-hybridized carbons (Fsp3) is 0.833. The molecule has 0 aliphatic heterocycles. The van der Waals surface area contributed by atoms with Crippen molar-refractivity contribution in [2.24, 2.45) is 0 Å². The molecule has 216 valence electrons. The van der Waals surface area contributed by atoms with E-state index in [2.05, 4.69) is 0 Å². The van der Waals surface area contributed by atoms with Crippen LogP contribution in [0, 0.1) is 0 Å². The van der Waals surface area contributed by atoms with Gasteiger partial charge in [0.15, 0.2) is 18.4 Å². The fourth-order valence-corrected chi connectivity index (χ4v) is 1.84. The molecule has 0 aliphatic carbocycles. The zero-order valence-electron chi connectivity index (χ0n) is 18.8. The SMILES string of the molecule is O=C(CO)[C@@H](O)[C@H](O)[C@H](O)CO.O=C[C@H](O)[C@@H](O)[C@@H](O)[C@H](O)CO.O=C[C@H](O)[C@@H](O)[C@H](O)[C@H](O)CO. The maximum Gasteiger partial charge on any atom is 0.189 e. The second kappa shape index (κ2) is 21.5. The van der Waals surface area contributed by atoms with Crippen molar-refractivity contribution < 1.29 is 91.0 Å². The van der Waals surface area contributed by atoms with Crippen LogP contribution >= 0.6 is 0 Å². The Morgan fingerprint density at radius 3 is 1.00 bits per heavy atom. The first-order chi connectivity index (χ1) is 16.6. The Labute approximate surface area is 203 Å². The molecule has 0 saturated heterocycles. The largest absolute Gasteiger partial charge is 0.394 e. The number of carbonyl (C=O) groups is 3. The van der Waals surface area contributed by atoms with Crippen LogP contribution < -0.4 is 0 Å². The van der Waals surface area contributed by atoms with Gasteiger partial charge in [-0.2, -0.15) is 0 Å². The Morgan fingerprint density at radius 2 is 0.778 bits per heavy atom. The molecule has 18 nitrogen and oxygen atoms in total. The molecule has 0 saturated carbocycles. The van der Waals surface area contributed by atoms with Gasteiger partial charge in [0.2, 0.25) is 0 Å². The topological polar surface area (TPSA) is 355 Å². The number of Topliss-reactive ketones (excluding diaryl/α,β-unsaturated/α-hetero) is 1. The summed E-state index contributed by atoms with van der Waals surface area (Å²) in [5, 5.41) is 130. The van der Waals surface area contributed by atoms with Gasteiger partial charge < -0.3 is 86.2 Å². The average molecular weight is 540 g/mol. The third-order valence-corrected chi connectivity index (χ3v) is 4.23. The van der Waals surface area contributed by atoms with Crippen molar-refractivity contribution in [3.63, 3.8) is 0 Å². The number of aldehydes is 2. The molecule has 11 atom stereocenters. The van der Waals surface area contributed by atoms with Gasteiger partial charge in [-0.15, -0.1) is 0 Å². The smallest absolute Gasteiger partial charge is 0.189 e. The van der Waals surface area contributed by atoms with Gasteiger partial charge in [0.05, 0.1) is 19.8 Å². The van der Waals surface area contributed by atoms with E-state index in [0.29, 0.717) is 0 Å². The number of hydrogen-bond acceptors (Lipinski definition) is 18. The maximum absolute atomic E-state index is 10.5. The summed E-state index contributed by atoms with van der Waals surface area (Å²) < 4.78 is 0. The molecule has 0 amide bonds. The van der Waals surface area contributed by atoms with Crippen molar-refractivity contribution in [1.82, 2.24) is 0 Å². The highest BCUT2D eigenvalue weighted by Crippen LogP contribution is 2.04. The minimum absolute atomic E-state index is 0.0258. The lowest BCUT2D eigenvalue weighted by atomic mass is 10.0. The summed E-state index contributed by atoms with van der Waals surface area (Å²) >= 11 is 0. The highest BCUT2D eigenvalue weighted by atomic mass is 16.4. The molecular formula is C18H36O18. The van der Waals surface area contributed by atoms with E-state index in [1.807, 2.05) is 0 Å². The second-order valence-electron chi connectivity index (χ2n) is 7.03. The Kier molecular flexibility index (Phi) is 23.2. The zero-order valence-corrected chi connectivity index (χ0v) is 18.8. The third-order valence-electron chi connectivity index (χ3n) is 4.23. The van der Waals surface area contributed by atoms with Crippen molar-refractivity contribution in [3.05, 3.63) is 0 Å². The maximum atomic E-state index is 10.5. The molecule has 0 spiro atoms. The molecule has 0 heterocycles. The van der Waals surface area contributed by atoms with Gasteiger partial charge in [0, 0.05) is 0 Å². The van der Waals surface area contributed by atoms with E-state index < -0.39 is 99.4 Å². The number of ketones is 1. The normalized spacial score (nSPS) is 20.2. The first-order valence-corrected chi connectivity index (χ1v) is 9.98. The lowest BCUT2D eigenvalue weighted by Crippen LogP contribution is -2.46. The molecule has 0 aliphatic rings. The van der Waals surface area contributed by atoms with E-state index in [9.17, 15) is 14.4 Å². The van der Waals surface area contributed by atoms with Gasteiger partial charge in [0.25, 0.3) is 0 Å². The van der Waals surface area contributed by atoms with E-state index in [1.165, 1.54) is 0 Å². The summed E-state index contributed by atoms with van der Waals surface area (Å²) in [7, 11) is 0. The van der Waals surface area contributed by atoms with E-state index >= 15 is 0 Å². The van der Waals surface area contributed by atoms with Crippen molar-refractivity contribution in [1.29, 1.82) is 0 Å². The van der Waals surface area contributed by atoms with E-state index in [4.69, 9.17) is 76.6 Å². The molecule has 18 heteroatoms. The molecule has 36 heavy (non-hydrogen) atoms. The molecular weight excluding hydrogens is 504 g/mol. The summed E-state index contributed by atoms with van der Waals surface area (Å²) in [4.78, 5) is 30.3. The minimum Gasteiger partial charge on any atom is -0.394 e. The number of hydrogen-bond donors (Lipinski definition) is 15. The lowest BCUT2D eigenvalue weighted by Gasteiger charge is -2.22. The Hall–Kier alpha value is -1.59. The van der Waals surface area contributed by atoms with Gasteiger partial charge in [0.1, 0.15) is 73.8 Å². The Balaban J connectivity index is -0.000000454. The number of aliphatic hydroxyl groups excluding tert-OH is 15. The second-order valence-corrected chi connectivity index (χ2v) is 7.03. The van der Waals surface area contributed by atoms with Crippen LogP contribution in [0.15, 0.2) is 0 Å². The van der Waals surface area contributed by atoms with Gasteiger partial charge in [-0.1, -0.05) is 0 Å². The van der Waals surface area contributed by atoms with Crippen LogP contribution in [0.2, 0.25) is 0 Å². The molecule has 0 aromatic heterocycles. The number of rotatable bonds is 15. The molecule has 0 aromatic carbocycles. The zero-order chi connectivity index (χ0) is 29.2. The van der Waals surface area contributed by atoms with Gasteiger partial charge >= 0.3 is 0 Å². The molecule has 0 bridgehead atoms. The van der Waals surface area contributed by atoms with Crippen LogP contribution in [0.4, 0.5) is 0 Å². The summed E-state index contributed by atoms with van der Waals surface area (Å²) in [5.41, 5.74) is 0. The first-order valence-electron chi connectivity index (χ1n) is 9.98. The molecule has 0 aromatic rings. The summed E-state index contributed by atoms with van der Waals surface area (Å²) in [6, 6.07) is 0. The van der Waals surface area contributed by atoms with Crippen LogP contribution in [0.3, 0.4) is 0 Å². The van der Waals surface area contributed by atoms with Gasteiger partial charge in [-0.05, 0) is 0 Å². The number of carbonyl (C=O) groups excluding carboxylic acids is 3. The van der Waals surface area contributed by atoms with Crippen molar-refractivity contribution in [2.45, 2.75) is 67.1 Å². The van der Waals surface area contributed by atoms with E-state index in [0.717, 1.165) is 0 Å². The van der Waals surface area contributed by atoms with E-state index in [-0.39, 0.29) is 12.6 Å². The van der Waals surface area contributed by atoms with Crippen LogP contribution in [-0.4, -0.2) is 189 Å². The van der Waals surface area contributed by atoms with E-state index in [1.54, 1.807) is 0 Å². The molecule has 0 unspecified atom stereocenters. The predicted octanol–water partition coefficient (Wildman–Crippen LogP) is -10.1. The third kappa shape index (κ3) is 14.8. The Morgan fingerprint density at radius 1 is 0.500 bits per heavy atom. The molecule has 15 N–H and O–H groups in total. The van der Waals surface area contributed by atoms with Gasteiger partial charge in [-0.3, -0.25) is 4.79 Å². The number of aliphatic hydroxyl groups is 15. The molecule has 0 fully saturated rings. The minimum atomic E-state index is -1.86. The van der Waals surface area contributed by atoms with Crippen molar-refractivity contribution in [3.8, 4) is 0 Å². The van der Waals surface area contributed by atoms with Crippen molar-refractivity contribution in [2.75, 3.05) is 26.4 Å². The lowest BCUT2D eigenvalue weighted by molar-refractivity contribution is -0.142. The standard InChI is InChI=1S/3C6H12O6/c3*7-1-3(9)5(11)6(12)4(10)2-8/h3,5-9,11-12H,1-2H2;2*1,3-6,8-12H,2H2/t3-,5-,6-;3-,4+,5+,6+;3-,4+,5+,6-/m100/s1. The van der Waals surface area contributed by atoms with Crippen LogP contribution in [0.25, 0.3) is 0 Å². The summed E-state index contributed by atoms with van der Waals surface area (Å²) in [6.07, 6.45) is -18.9. The van der Waals surface area contributed by atoms with Crippen LogP contribution in [-0.2, 0) is 14.4 Å². The summed E-state index contributed by atoms with van der Waals surface area (Å²) in [6.45, 7) is -3.21. The Bertz CT molecular complexity index is 546. The van der Waals surface area contributed by atoms with Gasteiger partial charge in [-0.25, -0.2) is 0 Å². The molecule has 0 radical (unpaired) electrons. The predicted molar refractivity (Wildman–Crippen MR) is 112 cm³/mol. The quantitative estimate of drug-likeness (QED) is 0.0856. The van der Waals surface area contributed by atoms with Crippen molar-refractivity contribution >= 4 is 18.4 Å². The summed E-state index contributed by atoms with van der Waals surface area (Å²) in [5.74, 6) is -1.00.